The molecule has 4 nitrogen and oxygen atoms in total. The van der Waals surface area contributed by atoms with E-state index in [9.17, 15) is 4.79 Å². The Bertz CT molecular complexity index is 552. The summed E-state index contributed by atoms with van der Waals surface area (Å²) in [5.41, 5.74) is 1.05. The second-order valence-electron chi connectivity index (χ2n) is 4.45. The number of rotatable bonds is 0. The van der Waals surface area contributed by atoms with Gasteiger partial charge in [-0.05, 0) is 6.07 Å². The van der Waals surface area contributed by atoms with E-state index in [1.54, 1.807) is 6.20 Å². The van der Waals surface area contributed by atoms with Crippen LogP contribution in [0.1, 0.15) is 26.5 Å². The minimum atomic E-state index is -0.569. The van der Waals surface area contributed by atoms with Crippen LogP contribution in [-0.2, 0) is 5.41 Å². The molecule has 0 unspecified atom stereocenters. The van der Waals surface area contributed by atoms with Crippen molar-refractivity contribution in [1.29, 1.82) is 0 Å². The monoisotopic (exact) mass is 204 g/mol. The SMILES string of the molecule is CC(C)(C)c1nc(=O)oc2cnccc12. The molecule has 0 saturated heterocycles. The number of hydrogen-bond acceptors (Lipinski definition) is 4. The normalized spacial score (nSPS) is 11.9. The van der Waals surface area contributed by atoms with E-state index in [-0.39, 0.29) is 5.41 Å². The number of pyridine rings is 1. The van der Waals surface area contributed by atoms with Crippen LogP contribution in [0.3, 0.4) is 0 Å². The molecule has 0 N–H and O–H groups in total. The highest BCUT2D eigenvalue weighted by Crippen LogP contribution is 2.25. The lowest BCUT2D eigenvalue weighted by molar-refractivity contribution is 0.497. The third-order valence-corrected chi connectivity index (χ3v) is 2.15. The van der Waals surface area contributed by atoms with Gasteiger partial charge in [-0.2, -0.15) is 4.98 Å². The zero-order chi connectivity index (χ0) is 11.1. The second kappa shape index (κ2) is 3.15. The Labute approximate surface area is 87.0 Å². The lowest BCUT2D eigenvalue weighted by Gasteiger charge is -2.18. The van der Waals surface area contributed by atoms with Gasteiger partial charge in [0.25, 0.3) is 0 Å². The van der Waals surface area contributed by atoms with Crippen molar-refractivity contribution < 1.29 is 4.42 Å². The van der Waals surface area contributed by atoms with Crippen LogP contribution in [0.25, 0.3) is 11.0 Å². The van der Waals surface area contributed by atoms with Crippen LogP contribution in [-0.4, -0.2) is 9.97 Å². The first-order valence-electron chi connectivity index (χ1n) is 4.74. The summed E-state index contributed by atoms with van der Waals surface area (Å²) >= 11 is 0. The van der Waals surface area contributed by atoms with Crippen molar-refractivity contribution >= 4 is 11.0 Å². The molecule has 0 saturated carbocycles. The molecule has 0 aromatic carbocycles. The van der Waals surface area contributed by atoms with Gasteiger partial charge in [0.05, 0.1) is 11.9 Å². The zero-order valence-corrected chi connectivity index (χ0v) is 8.94. The summed E-state index contributed by atoms with van der Waals surface area (Å²) in [6.07, 6.45) is 3.20. The molecule has 0 bridgehead atoms. The van der Waals surface area contributed by atoms with E-state index in [1.165, 1.54) is 6.20 Å². The Kier molecular flexibility index (Phi) is 2.07. The van der Waals surface area contributed by atoms with Crippen molar-refractivity contribution in [2.45, 2.75) is 26.2 Å². The third kappa shape index (κ3) is 1.75. The molecule has 2 aromatic heterocycles. The molecule has 78 valence electrons. The molecule has 4 heteroatoms. The molecule has 2 heterocycles. The van der Waals surface area contributed by atoms with E-state index in [4.69, 9.17) is 4.42 Å². The van der Waals surface area contributed by atoms with Crippen LogP contribution >= 0.6 is 0 Å². The number of nitrogens with zero attached hydrogens (tertiary/aromatic N) is 2. The molecule has 15 heavy (non-hydrogen) atoms. The highest BCUT2D eigenvalue weighted by atomic mass is 16.4. The van der Waals surface area contributed by atoms with Gasteiger partial charge in [-0.15, -0.1) is 0 Å². The molecular formula is C11H12N2O2. The molecule has 0 aliphatic carbocycles. The quantitative estimate of drug-likeness (QED) is 0.657. The van der Waals surface area contributed by atoms with Gasteiger partial charge >= 0.3 is 5.76 Å². The van der Waals surface area contributed by atoms with Crippen LogP contribution in [0.2, 0.25) is 0 Å². The van der Waals surface area contributed by atoms with Crippen molar-refractivity contribution in [2.75, 3.05) is 0 Å². The number of fused-ring (bicyclic) bond motifs is 1. The maximum absolute atomic E-state index is 11.2. The summed E-state index contributed by atoms with van der Waals surface area (Å²) in [5, 5.41) is 0.845. The summed E-state index contributed by atoms with van der Waals surface area (Å²) in [4.78, 5) is 19.1. The van der Waals surface area contributed by atoms with Gasteiger partial charge in [0.2, 0.25) is 0 Å². The molecule has 0 amide bonds. The number of hydrogen-bond donors (Lipinski definition) is 0. The Balaban J connectivity index is 2.89. The predicted octanol–water partition coefficient (Wildman–Crippen LogP) is 1.88. The molecular weight excluding hydrogens is 192 g/mol. The Morgan fingerprint density at radius 2 is 2.07 bits per heavy atom. The molecule has 0 spiro atoms. The maximum atomic E-state index is 11.2. The Morgan fingerprint density at radius 1 is 1.33 bits per heavy atom. The van der Waals surface area contributed by atoms with Crippen LogP contribution in [0.15, 0.2) is 27.7 Å². The van der Waals surface area contributed by atoms with Gasteiger partial charge in [0.1, 0.15) is 0 Å². The number of aromatic nitrogens is 2. The van der Waals surface area contributed by atoms with E-state index < -0.39 is 5.76 Å². The van der Waals surface area contributed by atoms with E-state index in [1.807, 2.05) is 26.8 Å². The fraction of sp³-hybridized carbons (Fsp3) is 0.364. The van der Waals surface area contributed by atoms with E-state index >= 15 is 0 Å². The minimum Gasteiger partial charge on any atom is -0.406 e. The topological polar surface area (TPSA) is 56.0 Å². The van der Waals surface area contributed by atoms with Crippen LogP contribution in [0.4, 0.5) is 0 Å². The maximum Gasteiger partial charge on any atom is 0.439 e. The van der Waals surface area contributed by atoms with Crippen LogP contribution < -0.4 is 5.76 Å². The highest BCUT2D eigenvalue weighted by molar-refractivity contribution is 5.78. The zero-order valence-electron chi connectivity index (χ0n) is 8.94. The van der Waals surface area contributed by atoms with E-state index in [0.717, 1.165) is 11.1 Å². The Morgan fingerprint density at radius 3 is 2.73 bits per heavy atom. The first kappa shape index (κ1) is 9.83. The van der Waals surface area contributed by atoms with Gasteiger partial charge in [0.15, 0.2) is 5.58 Å². The lowest BCUT2D eigenvalue weighted by Crippen LogP contribution is -2.19. The van der Waals surface area contributed by atoms with Gasteiger partial charge in [-0.1, -0.05) is 20.8 Å². The average Bonchev–Trinajstić information content (AvgIpc) is 2.15. The second-order valence-corrected chi connectivity index (χ2v) is 4.45. The largest absolute Gasteiger partial charge is 0.439 e. The van der Waals surface area contributed by atoms with Crippen molar-refractivity contribution in [2.24, 2.45) is 0 Å². The van der Waals surface area contributed by atoms with Crippen LogP contribution in [0.5, 0.6) is 0 Å². The molecule has 0 aliphatic rings. The minimum absolute atomic E-state index is 0.185. The molecule has 0 atom stereocenters. The fourth-order valence-corrected chi connectivity index (χ4v) is 1.50. The van der Waals surface area contributed by atoms with Crippen molar-refractivity contribution in [3.05, 3.63) is 34.7 Å². The smallest absolute Gasteiger partial charge is 0.406 e. The fourth-order valence-electron chi connectivity index (χ4n) is 1.50. The first-order valence-corrected chi connectivity index (χ1v) is 4.74. The van der Waals surface area contributed by atoms with E-state index in [2.05, 4.69) is 9.97 Å². The van der Waals surface area contributed by atoms with Crippen molar-refractivity contribution in [3.63, 3.8) is 0 Å². The average molecular weight is 204 g/mol. The summed E-state index contributed by atoms with van der Waals surface area (Å²) < 4.78 is 4.97. The molecule has 2 aromatic rings. The lowest BCUT2D eigenvalue weighted by atomic mass is 9.90. The summed E-state index contributed by atoms with van der Waals surface area (Å²) in [5.74, 6) is -0.569. The third-order valence-electron chi connectivity index (χ3n) is 2.15. The van der Waals surface area contributed by atoms with Crippen molar-refractivity contribution in [3.8, 4) is 0 Å². The van der Waals surface area contributed by atoms with Gasteiger partial charge in [0, 0.05) is 17.0 Å². The van der Waals surface area contributed by atoms with Crippen molar-refractivity contribution in [1.82, 2.24) is 9.97 Å². The molecule has 0 fully saturated rings. The molecule has 0 aliphatic heterocycles. The van der Waals surface area contributed by atoms with E-state index in [0.29, 0.717) is 5.58 Å². The molecule has 0 radical (unpaired) electrons. The van der Waals surface area contributed by atoms with Gasteiger partial charge in [-0.25, -0.2) is 4.79 Å². The predicted molar refractivity (Wildman–Crippen MR) is 56.8 cm³/mol. The van der Waals surface area contributed by atoms with Gasteiger partial charge in [-0.3, -0.25) is 4.98 Å². The summed E-state index contributed by atoms with van der Waals surface area (Å²) in [6.45, 7) is 6.03. The summed E-state index contributed by atoms with van der Waals surface area (Å²) in [6, 6.07) is 1.81. The standard InChI is InChI=1S/C11H12N2O2/c1-11(2,3)9-7-4-5-12-6-8(7)15-10(14)13-9/h4-6H,1-3H3. The first-order chi connectivity index (χ1) is 6.98. The summed E-state index contributed by atoms with van der Waals surface area (Å²) in [7, 11) is 0. The van der Waals surface area contributed by atoms with Crippen LogP contribution in [0, 0.1) is 0 Å². The highest BCUT2D eigenvalue weighted by Gasteiger charge is 2.20. The Hall–Kier alpha value is -1.71. The van der Waals surface area contributed by atoms with Gasteiger partial charge < -0.3 is 4.42 Å². The molecule has 2 rings (SSSR count).